The zero-order valence-electron chi connectivity index (χ0n) is 10.8. The first kappa shape index (κ1) is 14.2. The van der Waals surface area contributed by atoms with Crippen molar-refractivity contribution < 1.29 is 9.53 Å². The number of aryl methyl sites for hydroxylation is 1. The van der Waals surface area contributed by atoms with Gasteiger partial charge in [-0.15, -0.1) is 0 Å². The number of rotatable bonds is 5. The van der Waals surface area contributed by atoms with Gasteiger partial charge in [-0.1, -0.05) is 19.1 Å². The van der Waals surface area contributed by atoms with Crippen molar-refractivity contribution in [3.63, 3.8) is 0 Å². The first-order chi connectivity index (χ1) is 8.65. The van der Waals surface area contributed by atoms with Crippen molar-refractivity contribution in [2.45, 2.75) is 33.2 Å². The molecule has 0 atom stereocenters. The van der Waals surface area contributed by atoms with Gasteiger partial charge in [-0.25, -0.2) is 0 Å². The molecule has 0 radical (unpaired) electrons. The molecular formula is C14H18N2O2. The van der Waals surface area contributed by atoms with Gasteiger partial charge in [0.1, 0.15) is 0 Å². The Kier molecular flexibility index (Phi) is 5.34. The van der Waals surface area contributed by atoms with E-state index in [-0.39, 0.29) is 12.4 Å². The lowest BCUT2D eigenvalue weighted by Crippen LogP contribution is -2.11. The van der Waals surface area contributed by atoms with Gasteiger partial charge in [-0.2, -0.15) is 5.26 Å². The van der Waals surface area contributed by atoms with Crippen LogP contribution in [-0.4, -0.2) is 12.6 Å². The largest absolute Gasteiger partial charge is 0.466 e. The summed E-state index contributed by atoms with van der Waals surface area (Å²) in [6.07, 6.45) is 0.964. The molecule has 0 bridgehead atoms. The summed E-state index contributed by atoms with van der Waals surface area (Å²) in [7, 11) is 0. The Labute approximate surface area is 107 Å². The van der Waals surface area contributed by atoms with E-state index in [9.17, 15) is 10.1 Å². The molecule has 0 aliphatic rings. The summed E-state index contributed by atoms with van der Waals surface area (Å²) in [6.45, 7) is 4.43. The first-order valence-corrected chi connectivity index (χ1v) is 6.06. The van der Waals surface area contributed by atoms with Crippen LogP contribution in [0.2, 0.25) is 0 Å². The monoisotopic (exact) mass is 246 g/mol. The van der Waals surface area contributed by atoms with Crippen LogP contribution in [0.1, 0.15) is 36.1 Å². The Morgan fingerprint density at radius 1 is 1.39 bits per heavy atom. The summed E-state index contributed by atoms with van der Waals surface area (Å²) in [5.41, 5.74) is 8.71. The second-order valence-electron chi connectivity index (χ2n) is 3.94. The molecule has 0 aromatic heterocycles. The highest BCUT2D eigenvalue weighted by molar-refractivity contribution is 5.74. The molecule has 0 aliphatic heterocycles. The average molecular weight is 246 g/mol. The molecule has 1 rings (SSSR count). The minimum atomic E-state index is -0.315. The highest BCUT2D eigenvalue weighted by atomic mass is 16.5. The van der Waals surface area contributed by atoms with Gasteiger partial charge >= 0.3 is 5.97 Å². The fourth-order valence-electron chi connectivity index (χ4n) is 1.86. The van der Waals surface area contributed by atoms with E-state index in [4.69, 9.17) is 10.5 Å². The molecule has 4 heteroatoms. The average Bonchev–Trinajstić information content (AvgIpc) is 2.37. The minimum Gasteiger partial charge on any atom is -0.466 e. The zero-order valence-corrected chi connectivity index (χ0v) is 10.8. The van der Waals surface area contributed by atoms with Gasteiger partial charge in [-0.05, 0) is 30.0 Å². The minimum absolute atomic E-state index is 0.123. The molecule has 96 valence electrons. The summed E-state index contributed by atoms with van der Waals surface area (Å²) in [4.78, 5) is 11.5. The van der Waals surface area contributed by atoms with E-state index in [1.165, 1.54) is 0 Å². The molecule has 1 aromatic carbocycles. The van der Waals surface area contributed by atoms with Gasteiger partial charge in [0.2, 0.25) is 0 Å². The Morgan fingerprint density at radius 3 is 2.56 bits per heavy atom. The third-order valence-electron chi connectivity index (χ3n) is 2.74. The summed E-state index contributed by atoms with van der Waals surface area (Å²) >= 11 is 0. The van der Waals surface area contributed by atoms with Crippen LogP contribution in [0.3, 0.4) is 0 Å². The van der Waals surface area contributed by atoms with Gasteiger partial charge in [0.15, 0.2) is 0 Å². The molecule has 0 fully saturated rings. The van der Waals surface area contributed by atoms with E-state index in [1.54, 1.807) is 6.92 Å². The Balaban J connectivity index is 3.15. The molecule has 2 N–H and O–H groups in total. The molecule has 0 saturated heterocycles. The Morgan fingerprint density at radius 2 is 2.06 bits per heavy atom. The van der Waals surface area contributed by atoms with Crippen LogP contribution in [0.25, 0.3) is 0 Å². The highest BCUT2D eigenvalue weighted by Crippen LogP contribution is 2.18. The Hall–Kier alpha value is -1.86. The lowest BCUT2D eigenvalue weighted by molar-refractivity contribution is -0.142. The number of esters is 1. The molecule has 0 heterocycles. The lowest BCUT2D eigenvalue weighted by Gasteiger charge is -2.10. The number of benzene rings is 1. The van der Waals surface area contributed by atoms with Gasteiger partial charge in [-0.3, -0.25) is 4.79 Å². The van der Waals surface area contributed by atoms with Crippen LogP contribution in [-0.2, 0) is 28.9 Å². The quantitative estimate of drug-likeness (QED) is 0.802. The van der Waals surface area contributed by atoms with Crippen LogP contribution in [0, 0.1) is 11.3 Å². The molecule has 0 amide bonds. The number of hydrogen-bond acceptors (Lipinski definition) is 4. The van der Waals surface area contributed by atoms with Gasteiger partial charge in [0.25, 0.3) is 0 Å². The maximum atomic E-state index is 11.5. The summed E-state index contributed by atoms with van der Waals surface area (Å²) < 4.78 is 4.91. The number of ether oxygens (including phenoxy) is 1. The van der Waals surface area contributed by atoms with Gasteiger partial charge in [0, 0.05) is 6.54 Å². The van der Waals surface area contributed by atoms with Crippen LogP contribution in [0.15, 0.2) is 12.1 Å². The van der Waals surface area contributed by atoms with Crippen LogP contribution in [0.4, 0.5) is 0 Å². The molecule has 0 saturated carbocycles. The van der Waals surface area contributed by atoms with E-state index in [0.717, 1.165) is 17.5 Å². The molecule has 1 aromatic rings. The number of carbonyl (C=O) groups excluding carboxylic acids is 1. The van der Waals surface area contributed by atoms with Crippen molar-refractivity contribution >= 4 is 5.97 Å². The van der Waals surface area contributed by atoms with E-state index < -0.39 is 0 Å². The topological polar surface area (TPSA) is 76.1 Å². The lowest BCUT2D eigenvalue weighted by atomic mass is 9.95. The number of nitrogens with zero attached hydrogens (tertiary/aromatic N) is 1. The van der Waals surface area contributed by atoms with Gasteiger partial charge < -0.3 is 10.5 Å². The van der Waals surface area contributed by atoms with Crippen LogP contribution < -0.4 is 5.73 Å². The normalized spacial score (nSPS) is 9.89. The van der Waals surface area contributed by atoms with Crippen LogP contribution in [0.5, 0.6) is 0 Å². The van der Waals surface area contributed by atoms with Gasteiger partial charge in [0.05, 0.1) is 24.7 Å². The third-order valence-corrected chi connectivity index (χ3v) is 2.74. The number of nitriles is 1. The molecule has 0 unspecified atom stereocenters. The molecule has 18 heavy (non-hydrogen) atoms. The molecule has 0 spiro atoms. The standard InChI is InChI=1S/C14H18N2O2/c1-3-10-5-11(7-14(17)18-4-2)13(9-16)12(6-10)8-15/h5-6H,3-4,7-8,15H2,1-2H3. The molecule has 0 aliphatic carbocycles. The van der Waals surface area contributed by atoms with E-state index >= 15 is 0 Å². The molecule has 4 nitrogen and oxygen atoms in total. The second-order valence-corrected chi connectivity index (χ2v) is 3.94. The predicted octanol–water partition coefficient (Wildman–Crippen LogP) is 1.68. The van der Waals surface area contributed by atoms with E-state index in [0.29, 0.717) is 24.3 Å². The summed E-state index contributed by atoms with van der Waals surface area (Å²) in [5, 5.41) is 9.18. The first-order valence-electron chi connectivity index (χ1n) is 6.06. The number of nitrogens with two attached hydrogens (primary N) is 1. The van der Waals surface area contributed by atoms with Crippen molar-refractivity contribution in [2.24, 2.45) is 5.73 Å². The van der Waals surface area contributed by atoms with Crippen molar-refractivity contribution in [1.82, 2.24) is 0 Å². The van der Waals surface area contributed by atoms with Crippen LogP contribution >= 0.6 is 0 Å². The summed E-state index contributed by atoms with van der Waals surface area (Å²) in [5.74, 6) is -0.315. The number of hydrogen-bond donors (Lipinski definition) is 1. The van der Waals surface area contributed by atoms with Crippen molar-refractivity contribution in [1.29, 1.82) is 5.26 Å². The van der Waals surface area contributed by atoms with E-state index in [2.05, 4.69) is 6.07 Å². The fourth-order valence-corrected chi connectivity index (χ4v) is 1.86. The maximum Gasteiger partial charge on any atom is 0.310 e. The zero-order chi connectivity index (χ0) is 13.5. The van der Waals surface area contributed by atoms with Crippen molar-refractivity contribution in [3.8, 4) is 6.07 Å². The summed E-state index contributed by atoms with van der Waals surface area (Å²) in [6, 6.07) is 5.93. The number of carbonyl (C=O) groups is 1. The van der Waals surface area contributed by atoms with Crippen molar-refractivity contribution in [2.75, 3.05) is 6.61 Å². The highest BCUT2D eigenvalue weighted by Gasteiger charge is 2.13. The Bertz CT molecular complexity index is 475. The third kappa shape index (κ3) is 3.31. The molecular weight excluding hydrogens is 228 g/mol. The SMILES string of the molecule is CCOC(=O)Cc1cc(CC)cc(CN)c1C#N. The fraction of sp³-hybridized carbons (Fsp3) is 0.429. The predicted molar refractivity (Wildman–Crippen MR) is 68.8 cm³/mol. The smallest absolute Gasteiger partial charge is 0.310 e. The van der Waals surface area contributed by atoms with E-state index in [1.807, 2.05) is 19.1 Å². The van der Waals surface area contributed by atoms with Crippen molar-refractivity contribution in [3.05, 3.63) is 34.4 Å². The maximum absolute atomic E-state index is 11.5. The second kappa shape index (κ2) is 6.77.